The Balaban J connectivity index is 2.18. The van der Waals surface area contributed by atoms with Crippen molar-refractivity contribution in [2.24, 2.45) is 0 Å². The zero-order valence-corrected chi connectivity index (χ0v) is 14.2. The van der Waals surface area contributed by atoms with E-state index in [0.29, 0.717) is 5.56 Å². The molecule has 2 aromatic rings. The summed E-state index contributed by atoms with van der Waals surface area (Å²) in [6.45, 7) is 1.68. The fourth-order valence-corrected chi connectivity index (χ4v) is 3.53. The van der Waals surface area contributed by atoms with Crippen molar-refractivity contribution in [1.29, 1.82) is 0 Å². The second-order valence-corrected chi connectivity index (χ2v) is 8.27. The maximum atomic E-state index is 12.1. The molecule has 0 aliphatic rings. The van der Waals surface area contributed by atoms with E-state index < -0.39 is 15.9 Å². The first-order chi connectivity index (χ1) is 9.74. The number of rotatable bonds is 4. The molecule has 4 nitrogen and oxygen atoms in total. The van der Waals surface area contributed by atoms with Gasteiger partial charge in [-0.2, -0.15) is 0 Å². The molecular weight excluding hydrogens is 354 g/mol. The van der Waals surface area contributed by atoms with Gasteiger partial charge in [0.05, 0.1) is 5.75 Å². The normalized spacial score (nSPS) is 13.1. The molecule has 0 heterocycles. The summed E-state index contributed by atoms with van der Waals surface area (Å²) in [6.07, 6.45) is 1.16. The highest BCUT2D eigenvalue weighted by atomic mass is 79.9. The molecule has 0 aliphatic heterocycles. The lowest BCUT2D eigenvalue weighted by Crippen LogP contribution is -2.37. The Kier molecular flexibility index (Phi) is 4.68. The molecule has 112 valence electrons. The Labute approximate surface area is 132 Å². The molecule has 0 saturated carbocycles. The van der Waals surface area contributed by atoms with E-state index in [9.17, 15) is 13.2 Å². The zero-order chi connectivity index (χ0) is 15.6. The molecule has 0 saturated heterocycles. The SMILES string of the molecule is CC(CS(C)(=O)=O)NC(=O)c1ccc2cc(Br)ccc2c1. The summed E-state index contributed by atoms with van der Waals surface area (Å²) in [7, 11) is -3.11. The lowest BCUT2D eigenvalue weighted by molar-refractivity contribution is 0.0944. The number of nitrogens with one attached hydrogen (secondary N) is 1. The lowest BCUT2D eigenvalue weighted by Gasteiger charge is -2.13. The van der Waals surface area contributed by atoms with E-state index in [1.807, 2.05) is 24.3 Å². The van der Waals surface area contributed by atoms with E-state index in [-0.39, 0.29) is 11.7 Å². The predicted octanol–water partition coefficient (Wildman–Crippen LogP) is 2.77. The van der Waals surface area contributed by atoms with Gasteiger partial charge in [0.15, 0.2) is 0 Å². The highest BCUT2D eigenvalue weighted by Crippen LogP contribution is 2.21. The second-order valence-electron chi connectivity index (χ2n) is 5.17. The average Bonchev–Trinajstić information content (AvgIpc) is 2.35. The standard InChI is InChI=1S/C15H16BrNO3S/c1-10(9-21(2,19)20)17-15(18)13-4-3-12-8-14(16)6-5-11(12)7-13/h3-8,10H,9H2,1-2H3,(H,17,18). The summed E-state index contributed by atoms with van der Waals surface area (Å²) >= 11 is 3.40. The van der Waals surface area contributed by atoms with Crippen LogP contribution in [0.15, 0.2) is 40.9 Å². The quantitative estimate of drug-likeness (QED) is 0.900. The van der Waals surface area contributed by atoms with Crippen molar-refractivity contribution in [1.82, 2.24) is 5.32 Å². The van der Waals surface area contributed by atoms with E-state index in [2.05, 4.69) is 21.2 Å². The van der Waals surface area contributed by atoms with Crippen LogP contribution >= 0.6 is 15.9 Å². The minimum atomic E-state index is -3.11. The van der Waals surface area contributed by atoms with Crippen molar-refractivity contribution in [3.05, 3.63) is 46.4 Å². The monoisotopic (exact) mass is 369 g/mol. The molecule has 0 radical (unpaired) electrons. The van der Waals surface area contributed by atoms with E-state index in [0.717, 1.165) is 21.5 Å². The van der Waals surface area contributed by atoms with Gasteiger partial charge in [0.1, 0.15) is 9.84 Å². The number of amides is 1. The van der Waals surface area contributed by atoms with Crippen LogP contribution in [0.3, 0.4) is 0 Å². The largest absolute Gasteiger partial charge is 0.349 e. The molecule has 2 rings (SSSR count). The number of carbonyl (C=O) groups excluding carboxylic acids is 1. The van der Waals surface area contributed by atoms with E-state index in [1.54, 1.807) is 19.1 Å². The second kappa shape index (κ2) is 6.15. The van der Waals surface area contributed by atoms with Crippen LogP contribution < -0.4 is 5.32 Å². The molecule has 0 bridgehead atoms. The van der Waals surface area contributed by atoms with Crippen molar-refractivity contribution in [2.75, 3.05) is 12.0 Å². The summed E-state index contributed by atoms with van der Waals surface area (Å²) in [4.78, 5) is 12.1. The van der Waals surface area contributed by atoms with Crippen molar-refractivity contribution < 1.29 is 13.2 Å². The van der Waals surface area contributed by atoms with Crippen LogP contribution in [0, 0.1) is 0 Å². The average molecular weight is 370 g/mol. The maximum absolute atomic E-state index is 12.1. The molecule has 1 N–H and O–H groups in total. The Hall–Kier alpha value is -1.40. The van der Waals surface area contributed by atoms with Gasteiger partial charge < -0.3 is 5.32 Å². The number of halogens is 1. The van der Waals surface area contributed by atoms with Crippen molar-refractivity contribution in [3.63, 3.8) is 0 Å². The third kappa shape index (κ3) is 4.54. The number of benzene rings is 2. The summed E-state index contributed by atoms with van der Waals surface area (Å²) in [6, 6.07) is 10.8. The van der Waals surface area contributed by atoms with Crippen molar-refractivity contribution in [2.45, 2.75) is 13.0 Å². The summed E-state index contributed by atoms with van der Waals surface area (Å²) in [5, 5.41) is 4.69. The van der Waals surface area contributed by atoms with Crippen LogP contribution in [-0.4, -0.2) is 32.4 Å². The first-order valence-corrected chi connectivity index (χ1v) is 9.28. The van der Waals surface area contributed by atoms with Crippen LogP contribution in [0.25, 0.3) is 10.8 Å². The molecular formula is C15H16BrNO3S. The molecule has 1 atom stereocenters. The van der Waals surface area contributed by atoms with Crippen LogP contribution in [0.1, 0.15) is 17.3 Å². The fraction of sp³-hybridized carbons (Fsp3) is 0.267. The number of fused-ring (bicyclic) bond motifs is 1. The molecule has 0 aromatic heterocycles. The lowest BCUT2D eigenvalue weighted by atomic mass is 10.1. The van der Waals surface area contributed by atoms with E-state index >= 15 is 0 Å². The molecule has 6 heteroatoms. The molecule has 0 aliphatic carbocycles. The van der Waals surface area contributed by atoms with Crippen LogP contribution in [0.2, 0.25) is 0 Å². The van der Waals surface area contributed by atoms with Gasteiger partial charge in [0, 0.05) is 22.3 Å². The Morgan fingerprint density at radius 3 is 2.48 bits per heavy atom. The summed E-state index contributed by atoms with van der Waals surface area (Å²) < 4.78 is 23.4. The van der Waals surface area contributed by atoms with Gasteiger partial charge in [0.2, 0.25) is 0 Å². The van der Waals surface area contributed by atoms with Crippen LogP contribution in [0.4, 0.5) is 0 Å². The fourth-order valence-electron chi connectivity index (χ4n) is 2.16. The zero-order valence-electron chi connectivity index (χ0n) is 11.8. The Morgan fingerprint density at radius 2 is 1.81 bits per heavy atom. The first kappa shape index (κ1) is 16.0. The molecule has 1 amide bonds. The van der Waals surface area contributed by atoms with E-state index in [4.69, 9.17) is 0 Å². The van der Waals surface area contributed by atoms with Gasteiger partial charge in [-0.1, -0.05) is 28.1 Å². The number of hydrogen-bond acceptors (Lipinski definition) is 3. The van der Waals surface area contributed by atoms with Gasteiger partial charge in [-0.05, 0) is 42.0 Å². The van der Waals surface area contributed by atoms with Gasteiger partial charge in [-0.25, -0.2) is 8.42 Å². The molecule has 1 unspecified atom stereocenters. The topological polar surface area (TPSA) is 63.2 Å². The molecule has 0 spiro atoms. The van der Waals surface area contributed by atoms with Crippen LogP contribution in [0.5, 0.6) is 0 Å². The minimum absolute atomic E-state index is 0.0702. The van der Waals surface area contributed by atoms with Crippen molar-refractivity contribution in [3.8, 4) is 0 Å². The highest BCUT2D eigenvalue weighted by Gasteiger charge is 2.14. The molecule has 0 fully saturated rings. The summed E-state index contributed by atoms with van der Waals surface area (Å²) in [5.74, 6) is -0.338. The molecule has 2 aromatic carbocycles. The van der Waals surface area contributed by atoms with Gasteiger partial charge in [-0.3, -0.25) is 4.79 Å². The third-order valence-electron chi connectivity index (χ3n) is 2.99. The maximum Gasteiger partial charge on any atom is 0.251 e. The molecule has 21 heavy (non-hydrogen) atoms. The summed E-state index contributed by atoms with van der Waals surface area (Å²) in [5.41, 5.74) is 0.519. The van der Waals surface area contributed by atoms with Crippen LogP contribution in [-0.2, 0) is 9.84 Å². The third-order valence-corrected chi connectivity index (χ3v) is 4.59. The van der Waals surface area contributed by atoms with Gasteiger partial charge >= 0.3 is 0 Å². The minimum Gasteiger partial charge on any atom is -0.349 e. The van der Waals surface area contributed by atoms with Gasteiger partial charge in [0.25, 0.3) is 5.91 Å². The highest BCUT2D eigenvalue weighted by molar-refractivity contribution is 9.10. The van der Waals surface area contributed by atoms with Crippen molar-refractivity contribution >= 4 is 42.4 Å². The number of hydrogen-bond donors (Lipinski definition) is 1. The smallest absolute Gasteiger partial charge is 0.251 e. The van der Waals surface area contributed by atoms with Gasteiger partial charge in [-0.15, -0.1) is 0 Å². The predicted molar refractivity (Wildman–Crippen MR) is 88.3 cm³/mol. The number of carbonyl (C=O) groups is 1. The Morgan fingerprint density at radius 1 is 1.19 bits per heavy atom. The first-order valence-electron chi connectivity index (χ1n) is 6.42. The van der Waals surface area contributed by atoms with E-state index in [1.165, 1.54) is 0 Å². The Bertz CT molecular complexity index is 787. The number of sulfone groups is 1.